The predicted molar refractivity (Wildman–Crippen MR) is 89.6 cm³/mol. The Morgan fingerprint density at radius 2 is 1.83 bits per heavy atom. The van der Waals surface area contributed by atoms with Crippen LogP contribution in [0, 0.1) is 5.92 Å². The second-order valence-electron chi connectivity index (χ2n) is 6.70. The molecule has 0 saturated carbocycles. The lowest BCUT2D eigenvalue weighted by Gasteiger charge is -2.31. The summed E-state index contributed by atoms with van der Waals surface area (Å²) < 4.78 is 0. The molecule has 1 aromatic rings. The molecule has 1 saturated heterocycles. The molecule has 1 fully saturated rings. The van der Waals surface area contributed by atoms with E-state index in [-0.39, 0.29) is 23.8 Å². The van der Waals surface area contributed by atoms with E-state index >= 15 is 0 Å². The Hall–Kier alpha value is -1.88. The lowest BCUT2D eigenvalue weighted by molar-refractivity contribution is -0.898. The second kappa shape index (κ2) is 8.11. The first-order valence-corrected chi connectivity index (χ1v) is 8.43. The van der Waals surface area contributed by atoms with E-state index in [0.717, 1.165) is 31.5 Å². The topological polar surface area (TPSA) is 67.8 Å². The van der Waals surface area contributed by atoms with Gasteiger partial charge in [0.1, 0.15) is 0 Å². The Morgan fingerprint density at radius 3 is 2.35 bits per heavy atom. The van der Waals surface area contributed by atoms with Crippen LogP contribution in [0.15, 0.2) is 30.3 Å². The van der Waals surface area contributed by atoms with Crippen molar-refractivity contribution in [1.82, 2.24) is 4.90 Å². The summed E-state index contributed by atoms with van der Waals surface area (Å²) in [5.74, 6) is -0.0426. The Balaban J connectivity index is 1.90. The van der Waals surface area contributed by atoms with Gasteiger partial charge in [-0.2, -0.15) is 0 Å². The fourth-order valence-corrected chi connectivity index (χ4v) is 3.14. The third-order valence-corrected chi connectivity index (χ3v) is 4.64. The second-order valence-corrected chi connectivity index (χ2v) is 6.70. The maximum atomic E-state index is 12.7. The van der Waals surface area contributed by atoms with Gasteiger partial charge in [-0.15, -0.1) is 0 Å². The molecule has 2 amide bonds. The monoisotopic (exact) mass is 318 g/mol. The summed E-state index contributed by atoms with van der Waals surface area (Å²) in [4.78, 5) is 27.1. The Bertz CT molecular complexity index is 522. The van der Waals surface area contributed by atoms with Crippen LogP contribution in [-0.2, 0) is 16.1 Å². The maximum Gasteiger partial charge on any atom is 0.278 e. The van der Waals surface area contributed by atoms with Gasteiger partial charge < -0.3 is 15.5 Å². The molecule has 1 aromatic carbocycles. The van der Waals surface area contributed by atoms with Gasteiger partial charge in [0.05, 0.1) is 13.1 Å². The molecular weight excluding hydrogens is 290 g/mol. The highest BCUT2D eigenvalue weighted by Gasteiger charge is 2.29. The minimum Gasteiger partial charge on any atom is -0.369 e. The van der Waals surface area contributed by atoms with Crippen LogP contribution in [0.2, 0.25) is 0 Å². The van der Waals surface area contributed by atoms with E-state index in [1.165, 1.54) is 4.90 Å². The molecule has 23 heavy (non-hydrogen) atoms. The van der Waals surface area contributed by atoms with Gasteiger partial charge in [0.15, 0.2) is 6.54 Å². The van der Waals surface area contributed by atoms with Gasteiger partial charge >= 0.3 is 0 Å². The molecule has 0 aliphatic carbocycles. The van der Waals surface area contributed by atoms with E-state index < -0.39 is 0 Å². The molecule has 5 nitrogen and oxygen atoms in total. The van der Waals surface area contributed by atoms with E-state index in [4.69, 9.17) is 5.73 Å². The average Bonchev–Trinajstić information content (AvgIpc) is 2.53. The average molecular weight is 318 g/mol. The van der Waals surface area contributed by atoms with Crippen LogP contribution in [0.3, 0.4) is 0 Å². The number of benzene rings is 1. The van der Waals surface area contributed by atoms with Gasteiger partial charge in [-0.1, -0.05) is 30.3 Å². The molecule has 0 spiro atoms. The van der Waals surface area contributed by atoms with Crippen LogP contribution in [0.25, 0.3) is 0 Å². The number of carbonyl (C=O) groups excluding carboxylic acids is 2. The van der Waals surface area contributed by atoms with E-state index in [1.54, 1.807) is 0 Å². The van der Waals surface area contributed by atoms with E-state index in [9.17, 15) is 9.59 Å². The first-order valence-electron chi connectivity index (χ1n) is 8.43. The molecule has 0 bridgehead atoms. The minimum absolute atomic E-state index is 0.0145. The molecule has 1 heterocycles. The van der Waals surface area contributed by atoms with Gasteiger partial charge in [-0.05, 0) is 19.4 Å². The zero-order valence-corrected chi connectivity index (χ0v) is 14.1. The lowest BCUT2D eigenvalue weighted by Crippen LogP contribution is -3.14. The predicted octanol–water partition coefficient (Wildman–Crippen LogP) is 0.204. The molecule has 0 radical (unpaired) electrons. The molecule has 0 aromatic heterocycles. The zero-order chi connectivity index (χ0) is 16.8. The van der Waals surface area contributed by atoms with E-state index in [2.05, 4.69) is 13.8 Å². The van der Waals surface area contributed by atoms with Gasteiger partial charge in [0.25, 0.3) is 5.91 Å². The van der Waals surface area contributed by atoms with Crippen LogP contribution in [0.1, 0.15) is 32.3 Å². The summed E-state index contributed by atoms with van der Waals surface area (Å²) in [6.07, 6.45) is 1.58. The molecule has 2 rings (SSSR count). The number of piperidine rings is 1. The van der Waals surface area contributed by atoms with Crippen molar-refractivity contribution in [3.8, 4) is 0 Å². The molecule has 5 heteroatoms. The normalized spacial score (nSPS) is 21.2. The number of carbonyl (C=O) groups is 2. The molecule has 1 aliphatic heterocycles. The standard InChI is InChI=1S/C18H27N3O2/c1-14(2)21(12-15-6-4-3-5-7-15)17(22)13-20-10-8-16(9-11-20)18(19)23/h3-7,14,16H,8-13H2,1-2H3,(H2,19,23)/p+1. The quantitative estimate of drug-likeness (QED) is 0.787. The van der Waals surface area contributed by atoms with Gasteiger partial charge in [0.2, 0.25) is 5.91 Å². The first-order chi connectivity index (χ1) is 11.0. The molecule has 0 atom stereocenters. The number of likely N-dealkylation sites (tertiary alicyclic amines) is 1. The van der Waals surface area contributed by atoms with Crippen molar-refractivity contribution in [2.24, 2.45) is 11.7 Å². The van der Waals surface area contributed by atoms with Crippen molar-refractivity contribution in [1.29, 1.82) is 0 Å². The number of nitrogens with two attached hydrogens (primary N) is 1. The highest BCUT2D eigenvalue weighted by Crippen LogP contribution is 2.10. The summed E-state index contributed by atoms with van der Waals surface area (Å²) in [5, 5.41) is 0. The SMILES string of the molecule is CC(C)N(Cc1ccccc1)C(=O)C[NH+]1CCC(C(N)=O)CC1. The van der Waals surface area contributed by atoms with Crippen molar-refractivity contribution >= 4 is 11.8 Å². The zero-order valence-electron chi connectivity index (χ0n) is 14.1. The maximum absolute atomic E-state index is 12.7. The molecule has 0 unspecified atom stereocenters. The van der Waals surface area contributed by atoms with Crippen LogP contribution in [-0.4, -0.2) is 42.4 Å². The Morgan fingerprint density at radius 1 is 1.22 bits per heavy atom. The number of primary amides is 1. The molecular formula is C18H28N3O2+. The van der Waals surface area contributed by atoms with Crippen molar-refractivity contribution in [3.05, 3.63) is 35.9 Å². The van der Waals surface area contributed by atoms with E-state index in [0.29, 0.717) is 13.1 Å². The highest BCUT2D eigenvalue weighted by molar-refractivity contribution is 5.78. The fraction of sp³-hybridized carbons (Fsp3) is 0.556. The molecule has 1 aliphatic rings. The van der Waals surface area contributed by atoms with Crippen molar-refractivity contribution in [2.45, 2.75) is 39.3 Å². The molecule has 126 valence electrons. The summed E-state index contributed by atoms with van der Waals surface area (Å²) in [6, 6.07) is 10.3. The smallest absolute Gasteiger partial charge is 0.278 e. The third kappa shape index (κ3) is 5.06. The fourth-order valence-electron chi connectivity index (χ4n) is 3.14. The van der Waals surface area contributed by atoms with Crippen LogP contribution in [0.4, 0.5) is 0 Å². The summed E-state index contributed by atoms with van der Waals surface area (Å²) in [5.41, 5.74) is 6.51. The summed E-state index contributed by atoms with van der Waals surface area (Å²) in [6.45, 7) is 6.93. The van der Waals surface area contributed by atoms with Crippen molar-refractivity contribution < 1.29 is 14.5 Å². The third-order valence-electron chi connectivity index (χ3n) is 4.64. The largest absolute Gasteiger partial charge is 0.369 e. The number of hydrogen-bond donors (Lipinski definition) is 2. The number of rotatable bonds is 6. The van der Waals surface area contributed by atoms with Crippen LogP contribution < -0.4 is 10.6 Å². The van der Waals surface area contributed by atoms with Crippen molar-refractivity contribution in [2.75, 3.05) is 19.6 Å². The number of nitrogens with zero attached hydrogens (tertiary/aromatic N) is 1. The van der Waals surface area contributed by atoms with Crippen LogP contribution >= 0.6 is 0 Å². The number of hydrogen-bond acceptors (Lipinski definition) is 2. The number of amides is 2. The highest BCUT2D eigenvalue weighted by atomic mass is 16.2. The first kappa shape index (κ1) is 17.5. The minimum atomic E-state index is -0.205. The Kier molecular flexibility index (Phi) is 6.16. The summed E-state index contributed by atoms with van der Waals surface area (Å²) in [7, 11) is 0. The van der Waals surface area contributed by atoms with Crippen molar-refractivity contribution in [3.63, 3.8) is 0 Å². The lowest BCUT2D eigenvalue weighted by atomic mass is 9.96. The van der Waals surface area contributed by atoms with E-state index in [1.807, 2.05) is 35.2 Å². The number of nitrogens with one attached hydrogen (secondary N) is 1. The summed E-state index contributed by atoms with van der Waals surface area (Å²) >= 11 is 0. The number of quaternary nitrogens is 1. The van der Waals surface area contributed by atoms with Gasteiger partial charge in [-0.25, -0.2) is 0 Å². The Labute approximate surface area is 138 Å². The van der Waals surface area contributed by atoms with Crippen LogP contribution in [0.5, 0.6) is 0 Å². The molecule has 3 N–H and O–H groups in total. The van der Waals surface area contributed by atoms with Gasteiger partial charge in [0, 0.05) is 31.3 Å². The van der Waals surface area contributed by atoms with Gasteiger partial charge in [-0.3, -0.25) is 9.59 Å².